The highest BCUT2D eigenvalue weighted by Gasteiger charge is 2.36. The van der Waals surface area contributed by atoms with Crippen LogP contribution < -0.4 is 15.1 Å². The Labute approximate surface area is 197 Å². The lowest BCUT2D eigenvalue weighted by molar-refractivity contribution is -0.759. The van der Waals surface area contributed by atoms with Crippen molar-refractivity contribution in [2.24, 2.45) is 0 Å². The van der Waals surface area contributed by atoms with Crippen molar-refractivity contribution in [3.8, 4) is 17.3 Å². The van der Waals surface area contributed by atoms with Crippen molar-refractivity contribution < 1.29 is 27.3 Å². The predicted octanol–water partition coefficient (Wildman–Crippen LogP) is 3.77. The molecule has 34 heavy (non-hydrogen) atoms. The van der Waals surface area contributed by atoms with E-state index in [1.165, 1.54) is 11.0 Å². The molecule has 2 aromatic heterocycles. The molecule has 4 rings (SSSR count). The number of anilines is 1. The Morgan fingerprint density at radius 2 is 1.97 bits per heavy atom. The third kappa shape index (κ3) is 5.48. The molecule has 1 saturated heterocycles. The van der Waals surface area contributed by atoms with Crippen molar-refractivity contribution in [1.82, 2.24) is 10.3 Å². The maximum atomic E-state index is 13.7. The zero-order chi connectivity index (χ0) is 24.1. The molecule has 0 saturated carbocycles. The molecular formula is C22H20F3N6O2S+. The van der Waals surface area contributed by atoms with Crippen LogP contribution in [0.1, 0.15) is 30.4 Å². The van der Waals surface area contributed by atoms with Gasteiger partial charge in [-0.15, -0.1) is 0 Å². The van der Waals surface area contributed by atoms with Crippen molar-refractivity contribution in [3.63, 3.8) is 0 Å². The molecule has 176 valence electrons. The van der Waals surface area contributed by atoms with E-state index in [1.807, 2.05) is 5.01 Å². The number of nitrogens with zero attached hydrogens (tertiary/aromatic N) is 5. The van der Waals surface area contributed by atoms with E-state index in [0.29, 0.717) is 5.56 Å². The van der Waals surface area contributed by atoms with E-state index >= 15 is 0 Å². The molecule has 0 unspecified atom stereocenters. The number of piperidine rings is 1. The number of rotatable bonds is 6. The van der Waals surface area contributed by atoms with Crippen molar-refractivity contribution in [3.05, 3.63) is 53.7 Å². The molecule has 1 aliphatic rings. The summed E-state index contributed by atoms with van der Waals surface area (Å²) in [5.74, 6) is -0.697. The summed E-state index contributed by atoms with van der Waals surface area (Å²) in [7, 11) is 0. The zero-order valence-corrected chi connectivity index (χ0v) is 18.7. The second-order valence-electron chi connectivity index (χ2n) is 7.55. The fourth-order valence-corrected chi connectivity index (χ4v) is 4.33. The van der Waals surface area contributed by atoms with E-state index in [2.05, 4.69) is 15.6 Å². The third-order valence-corrected chi connectivity index (χ3v) is 6.13. The van der Waals surface area contributed by atoms with Crippen LogP contribution in [0, 0.1) is 11.3 Å². The van der Waals surface area contributed by atoms with Gasteiger partial charge in [0.05, 0.1) is 40.5 Å². The standard InChI is InChI=1S/C22H19F3N6O2S/c23-22(24,25)17-11-18(15-7-3-1-4-8-15)27-21(16(17)12-26)34-14-19(32)28-20-13-31(29-33-20)30-9-5-2-6-10-30/h1,3-4,7-8,11,13H,2,5-6,9-10,14H2/p+1. The topological polar surface area (TPSA) is 98.9 Å². The van der Waals surface area contributed by atoms with Crippen molar-refractivity contribution in [1.29, 1.82) is 5.26 Å². The summed E-state index contributed by atoms with van der Waals surface area (Å²) in [6.07, 6.45) is 0.000371. The van der Waals surface area contributed by atoms with Crippen LogP contribution in [0.15, 0.2) is 52.1 Å². The van der Waals surface area contributed by atoms with Crippen LogP contribution >= 0.6 is 11.8 Å². The molecule has 12 heteroatoms. The molecule has 1 N–H and O–H groups in total. The average molecular weight is 490 g/mol. The number of nitriles is 1. The van der Waals surface area contributed by atoms with E-state index < -0.39 is 23.2 Å². The zero-order valence-electron chi connectivity index (χ0n) is 17.9. The molecule has 3 heterocycles. The average Bonchev–Trinajstić information content (AvgIpc) is 3.31. The highest BCUT2D eigenvalue weighted by atomic mass is 32.2. The number of hydrogen-bond donors (Lipinski definition) is 1. The normalized spacial score (nSPS) is 14.0. The first-order valence-electron chi connectivity index (χ1n) is 10.5. The quantitative estimate of drug-likeness (QED) is 0.416. The van der Waals surface area contributed by atoms with Gasteiger partial charge in [0.1, 0.15) is 11.1 Å². The molecule has 0 radical (unpaired) electrons. The number of aromatic nitrogens is 3. The van der Waals surface area contributed by atoms with Gasteiger partial charge in [-0.3, -0.25) is 14.6 Å². The first kappa shape index (κ1) is 23.6. The number of alkyl halides is 3. The molecule has 0 atom stereocenters. The molecule has 0 bridgehead atoms. The van der Waals surface area contributed by atoms with Crippen LogP contribution in [-0.2, 0) is 11.0 Å². The van der Waals surface area contributed by atoms with Crippen LogP contribution in [0.2, 0.25) is 0 Å². The Balaban J connectivity index is 1.51. The molecule has 0 spiro atoms. The van der Waals surface area contributed by atoms with Gasteiger partial charge in [-0.1, -0.05) is 42.1 Å². The van der Waals surface area contributed by atoms with E-state index in [4.69, 9.17) is 4.52 Å². The molecule has 1 aliphatic heterocycles. The van der Waals surface area contributed by atoms with Crippen LogP contribution in [0.25, 0.3) is 11.3 Å². The Morgan fingerprint density at radius 1 is 1.24 bits per heavy atom. The van der Waals surface area contributed by atoms with Gasteiger partial charge >= 0.3 is 12.1 Å². The second kappa shape index (κ2) is 10.1. The number of benzene rings is 1. The first-order chi connectivity index (χ1) is 16.3. The van der Waals surface area contributed by atoms with Gasteiger partial charge in [0.25, 0.3) is 6.20 Å². The monoisotopic (exact) mass is 489 g/mol. The van der Waals surface area contributed by atoms with E-state index in [-0.39, 0.29) is 22.4 Å². The van der Waals surface area contributed by atoms with Crippen LogP contribution in [0.4, 0.5) is 19.1 Å². The summed E-state index contributed by atoms with van der Waals surface area (Å²) in [4.78, 5) is 18.2. The van der Waals surface area contributed by atoms with E-state index in [1.54, 1.807) is 36.4 Å². The number of amides is 1. The van der Waals surface area contributed by atoms with Gasteiger partial charge in [0.2, 0.25) is 11.2 Å². The minimum Gasteiger partial charge on any atom is -0.288 e. The van der Waals surface area contributed by atoms with Gasteiger partial charge < -0.3 is 0 Å². The second-order valence-corrected chi connectivity index (χ2v) is 8.51. The Bertz CT molecular complexity index is 1200. The van der Waals surface area contributed by atoms with E-state index in [9.17, 15) is 23.2 Å². The summed E-state index contributed by atoms with van der Waals surface area (Å²) in [6, 6.07) is 10.8. The summed E-state index contributed by atoms with van der Waals surface area (Å²) < 4.78 is 46.1. The van der Waals surface area contributed by atoms with E-state index in [0.717, 1.165) is 50.2 Å². The number of carbonyl (C=O) groups is 1. The molecule has 0 aliphatic carbocycles. The number of carbonyl (C=O) groups excluding carboxylic acids is 1. The maximum Gasteiger partial charge on any atom is 0.417 e. The minimum atomic E-state index is -4.75. The molecule has 1 aromatic carbocycles. The minimum absolute atomic E-state index is 0.0626. The fourth-order valence-electron chi connectivity index (χ4n) is 3.53. The van der Waals surface area contributed by atoms with Crippen molar-refractivity contribution >= 4 is 23.6 Å². The summed E-state index contributed by atoms with van der Waals surface area (Å²) in [5, 5.41) is 17.6. The van der Waals surface area contributed by atoms with Gasteiger partial charge in [-0.05, 0) is 25.3 Å². The summed E-state index contributed by atoms with van der Waals surface area (Å²) >= 11 is 0.748. The lowest BCUT2D eigenvalue weighted by atomic mass is 10.1. The SMILES string of the molecule is N#Cc1c(C(F)(F)F)cc(-c2ccccc2)nc1SCC(=O)Nc1c[n+](N2CCCCC2)no1. The van der Waals surface area contributed by atoms with Crippen molar-refractivity contribution in [2.45, 2.75) is 30.5 Å². The van der Waals surface area contributed by atoms with Gasteiger partial charge in [-0.25, -0.2) is 4.98 Å². The van der Waals surface area contributed by atoms with Gasteiger partial charge in [0, 0.05) is 5.56 Å². The smallest absolute Gasteiger partial charge is 0.288 e. The van der Waals surface area contributed by atoms with Crippen molar-refractivity contribution in [2.75, 3.05) is 29.2 Å². The van der Waals surface area contributed by atoms with Gasteiger partial charge in [0.15, 0.2) is 0 Å². The number of thioether (sulfide) groups is 1. The van der Waals surface area contributed by atoms with Crippen LogP contribution in [-0.4, -0.2) is 35.0 Å². The molecule has 3 aromatic rings. The summed E-state index contributed by atoms with van der Waals surface area (Å²) in [6.45, 7) is 1.64. The molecule has 8 nitrogen and oxygen atoms in total. The lowest BCUT2D eigenvalue weighted by Crippen LogP contribution is -2.60. The third-order valence-electron chi connectivity index (χ3n) is 5.15. The van der Waals surface area contributed by atoms with Crippen LogP contribution in [0.5, 0.6) is 0 Å². The molecular weight excluding hydrogens is 469 g/mol. The summed E-state index contributed by atoms with van der Waals surface area (Å²) in [5.41, 5.74) is -1.18. The Hall–Kier alpha value is -3.59. The van der Waals surface area contributed by atoms with Crippen LogP contribution in [0.3, 0.4) is 0 Å². The maximum absolute atomic E-state index is 13.7. The Morgan fingerprint density at radius 3 is 2.65 bits per heavy atom. The molecule has 1 fully saturated rings. The number of pyridine rings is 1. The Kier molecular flexibility index (Phi) is 7.02. The number of nitrogens with one attached hydrogen (secondary N) is 1. The number of hydrogen-bond acceptors (Lipinski definition) is 7. The number of halogens is 3. The predicted molar refractivity (Wildman–Crippen MR) is 117 cm³/mol. The highest BCUT2D eigenvalue weighted by molar-refractivity contribution is 8.00. The first-order valence-corrected chi connectivity index (χ1v) is 11.5. The highest BCUT2D eigenvalue weighted by Crippen LogP contribution is 2.37. The fraction of sp³-hybridized carbons (Fsp3) is 0.318. The van der Waals surface area contributed by atoms with Gasteiger partial charge in [-0.2, -0.15) is 23.4 Å². The lowest BCUT2D eigenvalue weighted by Gasteiger charge is -2.17. The molecule has 1 amide bonds. The largest absolute Gasteiger partial charge is 0.417 e.